The first-order valence-corrected chi connectivity index (χ1v) is 10.1. The number of rotatable bonds is 9. The molecule has 0 radical (unpaired) electrons. The van der Waals surface area contributed by atoms with Crippen molar-refractivity contribution in [3.63, 3.8) is 0 Å². The topological polar surface area (TPSA) is 105 Å². The molecule has 0 aliphatic carbocycles. The van der Waals surface area contributed by atoms with E-state index in [1.807, 2.05) is 12.1 Å². The summed E-state index contributed by atoms with van der Waals surface area (Å²) in [5.74, 6) is -1.09. The largest absolute Gasteiger partial charge is 0.488 e. The molecule has 1 heterocycles. The number of methoxy groups -OCH3 is 1. The van der Waals surface area contributed by atoms with Crippen LogP contribution in [0.5, 0.6) is 5.75 Å². The minimum atomic E-state index is -0.633. The molecule has 0 fully saturated rings. The molecular weight excluding hydrogens is 425 g/mol. The van der Waals surface area contributed by atoms with Crippen molar-refractivity contribution >= 4 is 5.78 Å². The van der Waals surface area contributed by atoms with Gasteiger partial charge in [-0.05, 0) is 48.4 Å². The summed E-state index contributed by atoms with van der Waals surface area (Å²) in [5, 5.41) is 18.4. The molecule has 166 valence electrons. The molecule has 0 amide bonds. The van der Waals surface area contributed by atoms with E-state index in [4.69, 9.17) is 14.7 Å². The van der Waals surface area contributed by atoms with Gasteiger partial charge in [-0.15, -0.1) is 0 Å². The molecule has 0 aliphatic rings. The maximum absolute atomic E-state index is 14.0. The lowest BCUT2D eigenvalue weighted by molar-refractivity contribution is 0.103. The Bertz CT molecular complexity index is 1320. The Labute approximate surface area is 189 Å². The van der Waals surface area contributed by atoms with Crippen LogP contribution in [0.3, 0.4) is 0 Å². The number of pyridine rings is 1. The van der Waals surface area contributed by atoms with Crippen molar-refractivity contribution in [2.75, 3.05) is 13.7 Å². The molecule has 8 heteroatoms. The van der Waals surface area contributed by atoms with Gasteiger partial charge in [-0.2, -0.15) is 10.5 Å². The van der Waals surface area contributed by atoms with Crippen LogP contribution in [0.2, 0.25) is 0 Å². The third-order valence-electron chi connectivity index (χ3n) is 4.85. The van der Waals surface area contributed by atoms with Crippen molar-refractivity contribution in [1.82, 2.24) is 4.57 Å². The third-order valence-corrected chi connectivity index (χ3v) is 4.85. The summed E-state index contributed by atoms with van der Waals surface area (Å²) < 4.78 is 26.0. The molecular formula is C25H20FN3O4. The lowest BCUT2D eigenvalue weighted by Crippen LogP contribution is -2.24. The van der Waals surface area contributed by atoms with Gasteiger partial charge in [0.25, 0.3) is 5.56 Å². The van der Waals surface area contributed by atoms with E-state index in [2.05, 4.69) is 0 Å². The highest BCUT2D eigenvalue weighted by Gasteiger charge is 2.19. The number of halogens is 1. The van der Waals surface area contributed by atoms with Gasteiger partial charge in [0.1, 0.15) is 29.8 Å². The van der Waals surface area contributed by atoms with E-state index in [1.165, 1.54) is 36.1 Å². The number of hydrogen-bond acceptors (Lipinski definition) is 6. The van der Waals surface area contributed by atoms with Gasteiger partial charge in [-0.3, -0.25) is 9.59 Å². The highest BCUT2D eigenvalue weighted by Crippen LogP contribution is 2.24. The number of hydrogen-bond donors (Lipinski definition) is 0. The molecule has 0 bridgehead atoms. The van der Waals surface area contributed by atoms with Crippen LogP contribution >= 0.6 is 0 Å². The molecule has 7 nitrogen and oxygen atoms in total. The fourth-order valence-corrected chi connectivity index (χ4v) is 3.24. The van der Waals surface area contributed by atoms with Crippen LogP contribution in [0, 0.1) is 28.5 Å². The highest BCUT2D eigenvalue weighted by atomic mass is 19.1. The zero-order chi connectivity index (χ0) is 23.8. The van der Waals surface area contributed by atoms with Crippen LogP contribution in [-0.2, 0) is 17.9 Å². The van der Waals surface area contributed by atoms with Crippen LogP contribution in [0.15, 0.2) is 59.5 Å². The molecule has 33 heavy (non-hydrogen) atoms. The van der Waals surface area contributed by atoms with E-state index in [9.17, 15) is 19.2 Å². The minimum Gasteiger partial charge on any atom is -0.488 e. The first-order chi connectivity index (χ1) is 16.0. The average Bonchev–Trinajstić information content (AvgIpc) is 2.84. The molecule has 0 atom stereocenters. The van der Waals surface area contributed by atoms with Gasteiger partial charge in [0, 0.05) is 32.0 Å². The number of aryl methyl sites for hydroxylation is 1. The summed E-state index contributed by atoms with van der Waals surface area (Å²) >= 11 is 0. The van der Waals surface area contributed by atoms with E-state index in [0.717, 1.165) is 6.07 Å². The Morgan fingerprint density at radius 1 is 1.12 bits per heavy atom. The quantitative estimate of drug-likeness (QED) is 0.368. The number of nitrogens with zero attached hydrogens (tertiary/aromatic N) is 3. The zero-order valence-corrected chi connectivity index (χ0v) is 17.9. The number of carbonyl (C=O) groups is 1. The fourth-order valence-electron chi connectivity index (χ4n) is 3.24. The van der Waals surface area contributed by atoms with Gasteiger partial charge >= 0.3 is 0 Å². The smallest absolute Gasteiger partial charge is 0.268 e. The Morgan fingerprint density at radius 2 is 1.94 bits per heavy atom. The third kappa shape index (κ3) is 5.70. The van der Waals surface area contributed by atoms with Crippen molar-refractivity contribution in [2.45, 2.75) is 19.6 Å². The van der Waals surface area contributed by atoms with Crippen LogP contribution in [0.25, 0.3) is 0 Å². The number of ketones is 1. The maximum atomic E-state index is 14.0. The first-order valence-electron chi connectivity index (χ1n) is 10.1. The number of aromatic nitrogens is 1. The maximum Gasteiger partial charge on any atom is 0.268 e. The molecule has 0 unspecified atom stereocenters. The van der Waals surface area contributed by atoms with Gasteiger partial charge in [0.2, 0.25) is 0 Å². The molecule has 3 aromatic rings. The van der Waals surface area contributed by atoms with Crippen LogP contribution in [-0.4, -0.2) is 24.1 Å². The lowest BCUT2D eigenvalue weighted by atomic mass is 10.0. The number of carbonyl (C=O) groups excluding carboxylic acids is 1. The second-order valence-corrected chi connectivity index (χ2v) is 7.17. The van der Waals surface area contributed by atoms with Crippen molar-refractivity contribution in [3.05, 3.63) is 98.7 Å². The summed E-state index contributed by atoms with van der Waals surface area (Å²) in [7, 11) is 1.53. The fraction of sp³-hybridized carbons (Fsp3) is 0.200. The van der Waals surface area contributed by atoms with Crippen molar-refractivity contribution < 1.29 is 18.7 Å². The van der Waals surface area contributed by atoms with E-state index in [1.54, 1.807) is 24.3 Å². The summed E-state index contributed by atoms with van der Waals surface area (Å²) in [4.78, 5) is 25.7. The lowest BCUT2D eigenvalue weighted by Gasteiger charge is -2.13. The predicted octanol–water partition coefficient (Wildman–Crippen LogP) is 3.58. The van der Waals surface area contributed by atoms with Crippen molar-refractivity contribution in [2.24, 2.45) is 0 Å². The molecule has 2 aromatic carbocycles. The molecule has 0 aliphatic heterocycles. The molecule has 3 rings (SSSR count). The monoisotopic (exact) mass is 445 g/mol. The summed E-state index contributed by atoms with van der Waals surface area (Å²) in [5.41, 5.74) is 0.480. The Balaban J connectivity index is 1.94. The van der Waals surface area contributed by atoms with Gasteiger partial charge < -0.3 is 14.0 Å². The van der Waals surface area contributed by atoms with Crippen molar-refractivity contribution in [3.8, 4) is 17.9 Å². The molecule has 0 spiro atoms. The first kappa shape index (κ1) is 23.4. The highest BCUT2D eigenvalue weighted by molar-refractivity contribution is 6.10. The predicted molar refractivity (Wildman–Crippen MR) is 117 cm³/mol. The van der Waals surface area contributed by atoms with E-state index < -0.39 is 17.2 Å². The Hall–Kier alpha value is -4.27. The second kappa shape index (κ2) is 10.9. The number of benzene rings is 2. The molecule has 0 saturated heterocycles. The van der Waals surface area contributed by atoms with Crippen molar-refractivity contribution in [1.29, 1.82) is 10.5 Å². The summed E-state index contributed by atoms with van der Waals surface area (Å²) in [6, 6.07) is 15.4. The average molecular weight is 445 g/mol. The summed E-state index contributed by atoms with van der Waals surface area (Å²) in [6.45, 7) is 0.715. The van der Waals surface area contributed by atoms with E-state index >= 15 is 0 Å². The second-order valence-electron chi connectivity index (χ2n) is 7.17. The number of nitriles is 2. The van der Waals surface area contributed by atoms with Gasteiger partial charge in [-0.1, -0.05) is 12.1 Å². The number of ether oxygens (including phenoxy) is 2. The molecule has 0 N–H and O–H groups in total. The standard InChI is InChI=1S/C25H20FN3O4/c1-32-9-3-8-29-15-20(11-19(14-28)25(29)31)24(30)22-12-21(26)6-7-23(22)33-16-18-5-2-4-17(10-18)13-27/h2,4-7,10-12,15H,3,8-9,16H2,1H3. The van der Waals surface area contributed by atoms with Gasteiger partial charge in [0.15, 0.2) is 5.78 Å². The minimum absolute atomic E-state index is 0.0441. The van der Waals surface area contributed by atoms with E-state index in [-0.39, 0.29) is 35.6 Å². The Kier molecular flexibility index (Phi) is 7.69. The SMILES string of the molecule is COCCCn1cc(C(=O)c2cc(F)ccc2OCc2cccc(C#N)c2)cc(C#N)c1=O. The molecule has 1 aromatic heterocycles. The normalized spacial score (nSPS) is 10.3. The summed E-state index contributed by atoms with van der Waals surface area (Å²) in [6.07, 6.45) is 1.86. The van der Waals surface area contributed by atoms with Crippen LogP contribution in [0.4, 0.5) is 4.39 Å². The van der Waals surface area contributed by atoms with Gasteiger partial charge in [0.05, 0.1) is 17.2 Å². The Morgan fingerprint density at radius 3 is 2.67 bits per heavy atom. The van der Waals surface area contributed by atoms with E-state index in [0.29, 0.717) is 24.2 Å². The van der Waals surface area contributed by atoms with Crippen LogP contribution < -0.4 is 10.3 Å². The molecule has 0 saturated carbocycles. The van der Waals surface area contributed by atoms with Crippen LogP contribution in [0.1, 0.15) is 39.0 Å². The zero-order valence-electron chi connectivity index (χ0n) is 17.9. The van der Waals surface area contributed by atoms with Gasteiger partial charge in [-0.25, -0.2) is 4.39 Å².